The number of nitrogens with one attached hydrogen (secondary N) is 1. The van der Waals surface area contributed by atoms with Gasteiger partial charge in [-0.3, -0.25) is 9.59 Å². The topological polar surface area (TPSA) is 142 Å². The Balaban J connectivity index is 1.31. The first-order valence-corrected chi connectivity index (χ1v) is 20.4. The first-order valence-electron chi connectivity index (χ1n) is 20.4. The number of hydrogen-bond acceptors (Lipinski definition) is 7. The number of hydrogen-bond donors (Lipinski definition) is 3. The van der Waals surface area contributed by atoms with Gasteiger partial charge in [0.05, 0.1) is 37.9 Å². The molecule has 5 aliphatic carbocycles. The lowest BCUT2D eigenvalue weighted by molar-refractivity contribution is -0.252. The molecular weight excluding hydrogens is 654 g/mol. The number of nitrogens with two attached hydrogens (primary N) is 1. The van der Waals surface area contributed by atoms with Crippen LogP contribution in [0.3, 0.4) is 0 Å². The molecule has 1 aromatic heterocycles. The predicted octanol–water partition coefficient (Wildman–Crippen LogP) is 7.06. The minimum Gasteiger partial charge on any atom is -0.481 e. The van der Waals surface area contributed by atoms with Gasteiger partial charge in [-0.15, -0.1) is 5.10 Å². The standard InChI is InChI=1S/C42H67N5O5/c1-24(2)26(5)37(6)17-18-39(8)28-13-14-31-38(7)20-51-22-42(31,29(28)15-16-40(39,9)32(37)36(49)50)19-30(33(38)52-21-41(10,43)25(3)4)47-23-44-34(46-47)35(48)45-27-11-12-27/h15,23-28,30-33H,11-14,16-22,43H2,1-10H3,(H,45,48)(H,49,50)/t26-,28+,30-,31+,32-,33+,37-,38+,39-,40+,41+,42?/m1/s1. The van der Waals surface area contributed by atoms with Crippen molar-refractivity contribution >= 4 is 11.9 Å². The van der Waals surface area contributed by atoms with E-state index >= 15 is 0 Å². The zero-order valence-corrected chi connectivity index (χ0v) is 33.6. The number of nitrogens with zero attached hydrogens (tertiary/aromatic N) is 3. The Kier molecular flexibility index (Phi) is 9.22. The van der Waals surface area contributed by atoms with Crippen molar-refractivity contribution in [3.63, 3.8) is 0 Å². The summed E-state index contributed by atoms with van der Waals surface area (Å²) in [5.74, 6) is 0.407. The van der Waals surface area contributed by atoms with Gasteiger partial charge in [0.2, 0.25) is 5.82 Å². The molecule has 1 amide bonds. The molecule has 2 heterocycles. The number of carboxylic acids is 1. The van der Waals surface area contributed by atoms with E-state index in [1.807, 2.05) is 4.68 Å². The largest absolute Gasteiger partial charge is 0.481 e. The zero-order valence-electron chi connectivity index (χ0n) is 33.6. The molecule has 0 spiro atoms. The molecule has 290 valence electrons. The minimum atomic E-state index is -0.639. The van der Waals surface area contributed by atoms with E-state index in [1.54, 1.807) is 6.33 Å². The molecular formula is C42H67N5O5. The van der Waals surface area contributed by atoms with Crippen molar-refractivity contribution in [2.24, 2.45) is 68.3 Å². The summed E-state index contributed by atoms with van der Waals surface area (Å²) in [7, 11) is 0. The fourth-order valence-corrected chi connectivity index (χ4v) is 12.6. The zero-order chi connectivity index (χ0) is 37.8. The Morgan fingerprint density at radius 2 is 1.79 bits per heavy atom. The second-order valence-corrected chi connectivity index (χ2v) is 20.3. The molecule has 4 N–H and O–H groups in total. The third kappa shape index (κ3) is 5.49. The number of aliphatic carboxylic acids is 1. The van der Waals surface area contributed by atoms with Crippen LogP contribution in [0.5, 0.6) is 0 Å². The van der Waals surface area contributed by atoms with Crippen LogP contribution in [0.15, 0.2) is 18.0 Å². The van der Waals surface area contributed by atoms with Crippen LogP contribution in [0, 0.1) is 62.6 Å². The molecule has 6 aliphatic rings. The van der Waals surface area contributed by atoms with Crippen LogP contribution in [0.25, 0.3) is 0 Å². The van der Waals surface area contributed by atoms with Crippen LogP contribution >= 0.6 is 0 Å². The van der Waals surface area contributed by atoms with Crippen LogP contribution in [0.1, 0.15) is 137 Å². The Morgan fingerprint density at radius 1 is 1.08 bits per heavy atom. The van der Waals surface area contributed by atoms with E-state index in [4.69, 9.17) is 20.3 Å². The number of aromatic nitrogens is 3. The molecule has 1 aliphatic heterocycles. The van der Waals surface area contributed by atoms with Gasteiger partial charge in [-0.1, -0.05) is 74.0 Å². The Bertz CT molecular complexity index is 1600. The molecule has 52 heavy (non-hydrogen) atoms. The molecule has 1 unspecified atom stereocenters. The molecule has 4 saturated carbocycles. The van der Waals surface area contributed by atoms with Crippen molar-refractivity contribution < 1.29 is 24.2 Å². The highest BCUT2D eigenvalue weighted by Gasteiger charge is 2.72. The van der Waals surface area contributed by atoms with Crippen molar-refractivity contribution in [2.45, 2.75) is 144 Å². The molecule has 10 nitrogen and oxygen atoms in total. The molecule has 2 bridgehead atoms. The summed E-state index contributed by atoms with van der Waals surface area (Å²) >= 11 is 0. The summed E-state index contributed by atoms with van der Waals surface area (Å²) in [5.41, 5.74) is 6.33. The Hall–Kier alpha value is -2.30. The average molecular weight is 722 g/mol. The van der Waals surface area contributed by atoms with Crippen LogP contribution in [0.2, 0.25) is 0 Å². The maximum Gasteiger partial charge on any atom is 0.307 e. The van der Waals surface area contributed by atoms with Gasteiger partial charge in [0, 0.05) is 22.4 Å². The normalized spacial score (nSPS) is 43.1. The van der Waals surface area contributed by atoms with Gasteiger partial charge in [0.1, 0.15) is 6.33 Å². The number of allylic oxidation sites excluding steroid dienone is 1. The van der Waals surface area contributed by atoms with E-state index in [1.165, 1.54) is 5.57 Å². The monoisotopic (exact) mass is 722 g/mol. The third-order valence-electron chi connectivity index (χ3n) is 16.9. The number of amides is 1. The van der Waals surface area contributed by atoms with Gasteiger partial charge >= 0.3 is 5.97 Å². The number of ether oxygens (including phenoxy) is 2. The summed E-state index contributed by atoms with van der Waals surface area (Å²) in [4.78, 5) is 31.2. The van der Waals surface area contributed by atoms with Crippen LogP contribution in [-0.2, 0) is 14.3 Å². The number of fused-ring (bicyclic) bond motifs is 3. The number of carbonyl (C=O) groups is 2. The predicted molar refractivity (Wildman–Crippen MR) is 200 cm³/mol. The van der Waals surface area contributed by atoms with Gasteiger partial charge in [0.15, 0.2) is 0 Å². The van der Waals surface area contributed by atoms with Gasteiger partial charge in [-0.05, 0) is 104 Å². The summed E-state index contributed by atoms with van der Waals surface area (Å²) in [6.45, 7) is 24.1. The van der Waals surface area contributed by atoms with Crippen LogP contribution in [0.4, 0.5) is 0 Å². The second kappa shape index (κ2) is 12.6. The molecule has 12 atom stereocenters. The van der Waals surface area contributed by atoms with Crippen LogP contribution in [-0.4, -0.2) is 69.3 Å². The highest BCUT2D eigenvalue weighted by Crippen LogP contribution is 2.75. The fourth-order valence-electron chi connectivity index (χ4n) is 12.6. The molecule has 1 saturated heterocycles. The molecule has 7 rings (SSSR count). The lowest BCUT2D eigenvalue weighted by Gasteiger charge is -2.71. The average Bonchev–Trinajstić information content (AvgIpc) is 3.74. The van der Waals surface area contributed by atoms with Crippen molar-refractivity contribution in [1.29, 1.82) is 0 Å². The van der Waals surface area contributed by atoms with Crippen molar-refractivity contribution in [1.82, 2.24) is 20.1 Å². The third-order valence-corrected chi connectivity index (χ3v) is 16.9. The lowest BCUT2D eigenvalue weighted by atomic mass is 9.34. The number of carbonyl (C=O) groups excluding carboxylic acids is 1. The van der Waals surface area contributed by atoms with E-state index < -0.39 is 17.4 Å². The summed E-state index contributed by atoms with van der Waals surface area (Å²) in [6, 6.07) is 0.0344. The first-order chi connectivity index (χ1) is 24.2. The Morgan fingerprint density at radius 3 is 2.42 bits per heavy atom. The Labute approximate surface area is 311 Å². The number of rotatable bonds is 10. The highest BCUT2D eigenvalue weighted by atomic mass is 16.5. The molecule has 1 aromatic rings. The van der Waals surface area contributed by atoms with Crippen molar-refractivity contribution in [2.75, 3.05) is 19.8 Å². The van der Waals surface area contributed by atoms with Gasteiger partial charge in [-0.25, -0.2) is 9.67 Å². The van der Waals surface area contributed by atoms with E-state index in [2.05, 4.69) is 85.6 Å². The summed E-state index contributed by atoms with van der Waals surface area (Å²) in [5, 5.41) is 19.0. The van der Waals surface area contributed by atoms with Crippen molar-refractivity contribution in [3.8, 4) is 0 Å². The highest BCUT2D eigenvalue weighted by molar-refractivity contribution is 5.90. The smallest absolute Gasteiger partial charge is 0.307 e. The van der Waals surface area contributed by atoms with Crippen LogP contribution < -0.4 is 11.1 Å². The first kappa shape index (κ1) is 38.0. The minimum absolute atomic E-state index is 0.174. The quantitative estimate of drug-likeness (QED) is 0.218. The summed E-state index contributed by atoms with van der Waals surface area (Å²) < 4.78 is 15.7. The van der Waals surface area contributed by atoms with Gasteiger partial charge in [0.25, 0.3) is 5.91 Å². The molecule has 10 heteroatoms. The van der Waals surface area contributed by atoms with E-state index in [-0.39, 0.29) is 68.8 Å². The number of carboxylic acid groups (broad SMARTS) is 1. The molecule has 5 fully saturated rings. The lowest BCUT2D eigenvalue weighted by Crippen LogP contribution is -2.69. The second-order valence-electron chi connectivity index (χ2n) is 20.3. The maximum atomic E-state index is 13.5. The fraction of sp³-hybridized carbons (Fsp3) is 0.857. The molecule has 0 aromatic carbocycles. The van der Waals surface area contributed by atoms with E-state index in [0.717, 1.165) is 51.4 Å². The van der Waals surface area contributed by atoms with Gasteiger partial charge < -0.3 is 25.6 Å². The molecule has 0 radical (unpaired) electrons. The SMILES string of the molecule is CC(C)[C@@H](C)[C@@]1(C)CC[C@]2(C)[C@H]3CC[C@@H]4C5(COC[C@]4(C)[C@@H](OC[C@](C)(N)C(C)C)[C@H](n4cnc(C(=O)NC6CC6)n4)C5)C3=CC[C@@]2(C)[C@@H]1C(=O)O. The van der Waals surface area contributed by atoms with Gasteiger partial charge in [-0.2, -0.15) is 0 Å². The van der Waals surface area contributed by atoms with E-state index in [0.29, 0.717) is 37.6 Å². The van der Waals surface area contributed by atoms with Crippen molar-refractivity contribution in [3.05, 3.63) is 23.8 Å². The summed E-state index contributed by atoms with van der Waals surface area (Å²) in [6.07, 6.45) is 11.5. The maximum absolute atomic E-state index is 13.5. The van der Waals surface area contributed by atoms with E-state index in [9.17, 15) is 14.7 Å².